The quantitative estimate of drug-likeness (QED) is 0.143. The zero-order valence-corrected chi connectivity index (χ0v) is 24.1. The Morgan fingerprint density at radius 3 is 2.43 bits per heavy atom. The highest BCUT2D eigenvalue weighted by atomic mass is 35.5. The molecule has 2 aliphatic rings. The van der Waals surface area contributed by atoms with Crippen molar-refractivity contribution >= 4 is 46.7 Å². The van der Waals surface area contributed by atoms with Crippen molar-refractivity contribution in [2.75, 3.05) is 13.3 Å². The summed E-state index contributed by atoms with van der Waals surface area (Å²) in [6.45, 7) is 4.84. The Morgan fingerprint density at radius 2 is 1.83 bits per heavy atom. The number of esters is 1. The number of ether oxygens (including phenoxy) is 2. The third-order valence-corrected chi connectivity index (χ3v) is 7.17. The lowest BCUT2D eigenvalue weighted by Gasteiger charge is -2.29. The molecule has 0 fully saturated rings. The first kappa shape index (κ1) is 31.4. The maximum Gasteiger partial charge on any atom is 0.435 e. The molecular weight excluding hydrogens is 609 g/mol. The summed E-state index contributed by atoms with van der Waals surface area (Å²) >= 11 is 11.5. The molecule has 1 amide bonds. The average molecular weight is 634 g/mol. The molecule has 15 heteroatoms. The topological polar surface area (TPSA) is 99.0 Å². The maximum atomic E-state index is 14.4. The van der Waals surface area contributed by atoms with E-state index in [0.717, 1.165) is 17.0 Å². The fourth-order valence-corrected chi connectivity index (χ4v) is 4.85. The highest BCUT2D eigenvalue weighted by Gasteiger charge is 2.62. The molecule has 2 heterocycles. The Balaban J connectivity index is 1.60. The standard InChI is InChI=1S/C27H25Cl2F4N3O6/c1-4-23(37)40-13-36(22-11-21(35-41-22)39-5-2)25(38)17-7-6-15(8-14(17)3)20-12-26(42-34-20,27(31,32)33)16-9-18(28)24(30)19(29)10-16/h6-10,22H,4-5,11-13H2,1-3H3/t22?,26-/m0/s1. The lowest BCUT2D eigenvalue weighted by Crippen LogP contribution is -2.43. The van der Waals surface area contributed by atoms with Gasteiger partial charge in [0.1, 0.15) is 0 Å². The van der Waals surface area contributed by atoms with E-state index in [1.807, 2.05) is 0 Å². The molecule has 0 N–H and O–H groups in total. The van der Waals surface area contributed by atoms with Crippen molar-refractivity contribution in [1.29, 1.82) is 0 Å². The number of rotatable bonds is 8. The summed E-state index contributed by atoms with van der Waals surface area (Å²) in [6.07, 6.45) is -6.47. The zero-order chi connectivity index (χ0) is 30.8. The van der Waals surface area contributed by atoms with Crippen molar-refractivity contribution < 1.29 is 46.3 Å². The molecule has 9 nitrogen and oxygen atoms in total. The van der Waals surface area contributed by atoms with Gasteiger partial charge in [0.15, 0.2) is 12.5 Å². The van der Waals surface area contributed by atoms with Crippen molar-refractivity contribution in [3.05, 3.63) is 68.4 Å². The summed E-state index contributed by atoms with van der Waals surface area (Å²) in [5.41, 5.74) is -2.77. The van der Waals surface area contributed by atoms with E-state index in [1.165, 1.54) is 18.2 Å². The maximum absolute atomic E-state index is 14.4. The van der Waals surface area contributed by atoms with Gasteiger partial charge in [0.2, 0.25) is 12.1 Å². The van der Waals surface area contributed by atoms with Crippen LogP contribution in [0.3, 0.4) is 0 Å². The van der Waals surface area contributed by atoms with E-state index in [9.17, 15) is 27.2 Å². The molecule has 0 spiro atoms. The number of alkyl halides is 3. The van der Waals surface area contributed by atoms with Crippen LogP contribution < -0.4 is 0 Å². The number of amides is 1. The van der Waals surface area contributed by atoms with Crippen LogP contribution in [0, 0.1) is 12.7 Å². The Bertz CT molecular complexity index is 1430. The van der Waals surface area contributed by atoms with Gasteiger partial charge in [-0.25, -0.2) is 4.39 Å². The van der Waals surface area contributed by atoms with Crippen LogP contribution in [0.5, 0.6) is 0 Å². The minimum Gasteiger partial charge on any atom is -0.479 e. The molecule has 42 heavy (non-hydrogen) atoms. The Hall–Kier alpha value is -3.58. The molecule has 0 radical (unpaired) electrons. The lowest BCUT2D eigenvalue weighted by atomic mass is 9.86. The second-order valence-corrected chi connectivity index (χ2v) is 10.2. The number of hydrogen-bond donors (Lipinski definition) is 0. The van der Waals surface area contributed by atoms with Crippen molar-refractivity contribution in [3.63, 3.8) is 0 Å². The summed E-state index contributed by atoms with van der Waals surface area (Å²) in [7, 11) is 0. The first-order valence-electron chi connectivity index (χ1n) is 12.7. The monoisotopic (exact) mass is 633 g/mol. The first-order valence-corrected chi connectivity index (χ1v) is 13.5. The van der Waals surface area contributed by atoms with Crippen LogP contribution in [-0.4, -0.2) is 54.1 Å². The summed E-state index contributed by atoms with van der Waals surface area (Å²) in [5, 5.41) is 6.31. The summed E-state index contributed by atoms with van der Waals surface area (Å²) in [6, 6.07) is 5.89. The highest BCUT2D eigenvalue weighted by Crippen LogP contribution is 2.50. The second-order valence-electron chi connectivity index (χ2n) is 9.37. The van der Waals surface area contributed by atoms with Gasteiger partial charge in [-0.3, -0.25) is 14.5 Å². The van der Waals surface area contributed by atoms with Crippen LogP contribution >= 0.6 is 23.2 Å². The van der Waals surface area contributed by atoms with E-state index in [4.69, 9.17) is 42.4 Å². The fourth-order valence-electron chi connectivity index (χ4n) is 4.36. The van der Waals surface area contributed by atoms with Gasteiger partial charge in [-0.1, -0.05) is 41.3 Å². The largest absolute Gasteiger partial charge is 0.479 e. The van der Waals surface area contributed by atoms with Crippen LogP contribution in [-0.2, 0) is 29.5 Å². The number of oxime groups is 2. The zero-order valence-electron chi connectivity index (χ0n) is 22.6. The molecule has 0 aromatic heterocycles. The Morgan fingerprint density at radius 1 is 1.14 bits per heavy atom. The molecule has 4 rings (SSSR count). The van der Waals surface area contributed by atoms with Gasteiger partial charge in [0.25, 0.3) is 11.5 Å². The Labute approximate surface area is 247 Å². The van der Waals surface area contributed by atoms with Crippen molar-refractivity contribution in [3.8, 4) is 0 Å². The van der Waals surface area contributed by atoms with Crippen LogP contribution in [0.4, 0.5) is 17.6 Å². The summed E-state index contributed by atoms with van der Waals surface area (Å²) in [5.74, 6) is -1.91. The average Bonchev–Trinajstić information content (AvgIpc) is 3.60. The summed E-state index contributed by atoms with van der Waals surface area (Å²) in [4.78, 5) is 36.9. The van der Waals surface area contributed by atoms with E-state index in [2.05, 4.69) is 10.3 Å². The van der Waals surface area contributed by atoms with Crippen LogP contribution in [0.15, 0.2) is 40.6 Å². The SMILES string of the molecule is CCOC1=NOC(N(COC(=O)CC)C(=O)c2ccc(C3=NO[C@@](c4cc(Cl)c(F)c(Cl)c4)(C(F)(F)F)C3)cc2C)C1. The number of hydrogen-bond acceptors (Lipinski definition) is 8. The van der Waals surface area contributed by atoms with Crippen LogP contribution in [0.2, 0.25) is 10.0 Å². The summed E-state index contributed by atoms with van der Waals surface area (Å²) < 4.78 is 67.6. The van der Waals surface area contributed by atoms with Gasteiger partial charge in [-0.2, -0.15) is 13.2 Å². The molecule has 226 valence electrons. The van der Waals surface area contributed by atoms with Crippen molar-refractivity contribution in [2.24, 2.45) is 10.3 Å². The molecule has 0 saturated carbocycles. The smallest absolute Gasteiger partial charge is 0.435 e. The van der Waals surface area contributed by atoms with E-state index >= 15 is 0 Å². The first-order chi connectivity index (χ1) is 19.8. The second kappa shape index (κ2) is 12.3. The lowest BCUT2D eigenvalue weighted by molar-refractivity contribution is -0.275. The van der Waals surface area contributed by atoms with Gasteiger partial charge < -0.3 is 19.1 Å². The minimum absolute atomic E-state index is 0.0754. The molecule has 0 bridgehead atoms. The van der Waals surface area contributed by atoms with Crippen molar-refractivity contribution in [2.45, 2.75) is 58.0 Å². The van der Waals surface area contributed by atoms with Gasteiger partial charge in [-0.15, -0.1) is 0 Å². The third-order valence-electron chi connectivity index (χ3n) is 6.62. The molecule has 2 aliphatic heterocycles. The van der Waals surface area contributed by atoms with E-state index in [-0.39, 0.29) is 35.6 Å². The number of halogens is 6. The normalized spacial score (nSPS) is 19.9. The molecular formula is C27H25Cl2F4N3O6. The predicted octanol–water partition coefficient (Wildman–Crippen LogP) is 6.47. The van der Waals surface area contributed by atoms with Gasteiger partial charge in [-0.05, 0) is 54.4 Å². The van der Waals surface area contributed by atoms with Crippen LogP contribution in [0.1, 0.15) is 60.2 Å². The fraction of sp³-hybridized carbons (Fsp3) is 0.407. The molecule has 0 saturated heterocycles. The minimum atomic E-state index is -4.98. The Kier molecular flexibility index (Phi) is 9.21. The highest BCUT2D eigenvalue weighted by molar-refractivity contribution is 6.35. The number of carbonyl (C=O) groups is 2. The van der Waals surface area contributed by atoms with Gasteiger partial charge in [0.05, 0.1) is 28.8 Å². The molecule has 2 aromatic carbocycles. The number of nitrogens with zero attached hydrogens (tertiary/aromatic N) is 3. The number of carbonyl (C=O) groups excluding carboxylic acids is 2. The molecule has 0 aliphatic carbocycles. The van der Waals surface area contributed by atoms with E-state index in [0.29, 0.717) is 12.2 Å². The van der Waals surface area contributed by atoms with Gasteiger partial charge >= 0.3 is 12.1 Å². The third kappa shape index (κ3) is 6.12. The molecule has 2 atom stereocenters. The molecule has 1 unspecified atom stereocenters. The molecule has 2 aromatic rings. The van der Waals surface area contributed by atoms with Crippen LogP contribution in [0.25, 0.3) is 0 Å². The number of aryl methyl sites for hydroxylation is 1. The predicted molar refractivity (Wildman–Crippen MR) is 144 cm³/mol. The van der Waals surface area contributed by atoms with Crippen molar-refractivity contribution in [1.82, 2.24) is 4.90 Å². The van der Waals surface area contributed by atoms with Gasteiger partial charge in [0, 0.05) is 24.0 Å². The number of benzene rings is 2. The van der Waals surface area contributed by atoms with E-state index < -0.39 is 64.5 Å². The van der Waals surface area contributed by atoms with E-state index in [1.54, 1.807) is 20.8 Å².